The van der Waals surface area contributed by atoms with Gasteiger partial charge in [-0.2, -0.15) is 0 Å². The van der Waals surface area contributed by atoms with Gasteiger partial charge in [-0.25, -0.2) is 14.8 Å². The van der Waals surface area contributed by atoms with E-state index in [1.165, 1.54) is 12.4 Å². The first kappa shape index (κ1) is 21.4. The molecule has 7 nitrogen and oxygen atoms in total. The predicted molar refractivity (Wildman–Crippen MR) is 126 cm³/mol. The van der Waals surface area contributed by atoms with E-state index in [1.54, 1.807) is 6.08 Å². The number of carbonyl (C=O) groups excluding carboxylic acids is 1. The Kier molecular flexibility index (Phi) is 5.72. The molecule has 3 aromatic heterocycles. The molecule has 0 unspecified atom stereocenters. The van der Waals surface area contributed by atoms with Gasteiger partial charge in [0.2, 0.25) is 0 Å². The van der Waals surface area contributed by atoms with Crippen molar-refractivity contribution in [2.24, 2.45) is 0 Å². The van der Waals surface area contributed by atoms with Crippen LogP contribution in [0.4, 0.5) is 0 Å². The summed E-state index contributed by atoms with van der Waals surface area (Å²) in [6.07, 6.45) is 6.79. The van der Waals surface area contributed by atoms with Gasteiger partial charge in [0.1, 0.15) is 35.2 Å². The largest absolute Gasteiger partial charge is 0.458 e. The molecule has 0 aliphatic heterocycles. The van der Waals surface area contributed by atoms with Crippen LogP contribution in [-0.4, -0.2) is 25.7 Å². The van der Waals surface area contributed by atoms with Gasteiger partial charge in [0, 0.05) is 29.7 Å². The van der Waals surface area contributed by atoms with Gasteiger partial charge in [-0.3, -0.25) is 0 Å². The second kappa shape index (κ2) is 8.83. The summed E-state index contributed by atoms with van der Waals surface area (Å²) in [5.41, 5.74) is 3.74. The van der Waals surface area contributed by atoms with Crippen molar-refractivity contribution < 1.29 is 14.1 Å². The zero-order valence-electron chi connectivity index (χ0n) is 18.4. The van der Waals surface area contributed by atoms with E-state index >= 15 is 0 Å². The van der Waals surface area contributed by atoms with E-state index in [-0.39, 0.29) is 12.6 Å². The number of carbonyl (C=O) groups is 1. The lowest BCUT2D eigenvalue weighted by Crippen LogP contribution is -2.05. The highest BCUT2D eigenvalue weighted by Crippen LogP contribution is 2.44. The third kappa shape index (κ3) is 4.28. The van der Waals surface area contributed by atoms with Gasteiger partial charge in [0.25, 0.3) is 0 Å². The molecule has 0 spiro atoms. The zero-order valence-corrected chi connectivity index (χ0v) is 19.1. The summed E-state index contributed by atoms with van der Waals surface area (Å²) < 4.78 is 13.0. The fourth-order valence-electron chi connectivity index (χ4n) is 3.95. The van der Waals surface area contributed by atoms with E-state index in [9.17, 15) is 4.79 Å². The Hall–Kier alpha value is -3.45. The quantitative estimate of drug-likeness (QED) is 0.191. The van der Waals surface area contributed by atoms with Gasteiger partial charge in [-0.15, -0.1) is 0 Å². The van der Waals surface area contributed by atoms with Crippen molar-refractivity contribution in [3.8, 4) is 11.3 Å². The predicted octanol–water partition coefficient (Wildman–Crippen LogP) is 5.95. The Morgan fingerprint density at radius 1 is 1.27 bits per heavy atom. The Morgan fingerprint density at radius 2 is 2.06 bits per heavy atom. The summed E-state index contributed by atoms with van der Waals surface area (Å²) in [4.78, 5) is 21.2. The molecule has 1 aromatic carbocycles. The van der Waals surface area contributed by atoms with Crippen molar-refractivity contribution in [1.82, 2.24) is 19.7 Å². The fourth-order valence-corrected chi connectivity index (χ4v) is 4.18. The first-order valence-corrected chi connectivity index (χ1v) is 11.3. The molecule has 168 valence electrons. The number of ether oxygens (including phenoxy) is 1. The molecular weight excluding hydrogens is 440 g/mol. The summed E-state index contributed by atoms with van der Waals surface area (Å²) in [6.45, 7) is 4.29. The molecule has 1 aliphatic rings. The maximum atomic E-state index is 12.5. The van der Waals surface area contributed by atoms with Crippen LogP contribution in [0, 0.1) is 0 Å². The van der Waals surface area contributed by atoms with E-state index in [2.05, 4.69) is 15.1 Å². The Bertz CT molecular complexity index is 1340. The van der Waals surface area contributed by atoms with Crippen molar-refractivity contribution >= 4 is 34.7 Å². The zero-order chi connectivity index (χ0) is 22.9. The number of nitrogens with zero attached hydrogens (tertiary/aromatic N) is 4. The summed E-state index contributed by atoms with van der Waals surface area (Å²) in [7, 11) is 0. The highest BCUT2D eigenvalue weighted by atomic mass is 35.5. The van der Waals surface area contributed by atoms with E-state index in [0.29, 0.717) is 27.8 Å². The monoisotopic (exact) mass is 462 g/mol. The molecule has 1 fully saturated rings. The Balaban J connectivity index is 1.56. The summed E-state index contributed by atoms with van der Waals surface area (Å²) in [6, 6.07) is 11.6. The molecule has 1 saturated carbocycles. The molecule has 0 N–H and O–H groups in total. The number of halogens is 1. The van der Waals surface area contributed by atoms with Crippen LogP contribution in [0.15, 0.2) is 53.3 Å². The molecule has 1 aliphatic carbocycles. The lowest BCUT2D eigenvalue weighted by Gasteiger charge is -2.12. The third-order valence-corrected chi connectivity index (χ3v) is 5.94. The number of aromatic nitrogens is 4. The first-order chi connectivity index (χ1) is 16.0. The van der Waals surface area contributed by atoms with Crippen LogP contribution in [0.1, 0.15) is 55.7 Å². The Morgan fingerprint density at radius 3 is 2.79 bits per heavy atom. The van der Waals surface area contributed by atoms with E-state index in [1.807, 2.05) is 54.8 Å². The van der Waals surface area contributed by atoms with Gasteiger partial charge in [-0.05, 0) is 38.3 Å². The molecule has 0 radical (unpaired) electrons. The van der Waals surface area contributed by atoms with Crippen molar-refractivity contribution in [2.45, 2.75) is 45.3 Å². The van der Waals surface area contributed by atoms with Crippen molar-refractivity contribution in [1.29, 1.82) is 0 Å². The van der Waals surface area contributed by atoms with Crippen LogP contribution in [-0.2, 0) is 16.1 Å². The van der Waals surface area contributed by atoms with Crippen LogP contribution in [0.2, 0.25) is 5.15 Å². The molecule has 3 heterocycles. The lowest BCUT2D eigenvalue weighted by molar-refractivity contribution is -0.138. The molecular formula is C25H23ClN4O3. The molecule has 4 aromatic rings. The first-order valence-electron chi connectivity index (χ1n) is 10.9. The summed E-state index contributed by atoms with van der Waals surface area (Å²) >= 11 is 6.53. The minimum atomic E-state index is -0.443. The molecule has 5 rings (SSSR count). The van der Waals surface area contributed by atoms with Crippen molar-refractivity contribution in [2.75, 3.05) is 0 Å². The van der Waals surface area contributed by atoms with Gasteiger partial charge >= 0.3 is 5.97 Å². The van der Waals surface area contributed by atoms with Crippen LogP contribution in [0.5, 0.6) is 0 Å². The lowest BCUT2D eigenvalue weighted by atomic mass is 10.1. The summed E-state index contributed by atoms with van der Waals surface area (Å²) in [5, 5.41) is 5.33. The summed E-state index contributed by atoms with van der Waals surface area (Å²) in [5.74, 6) is 0.838. The number of esters is 1. The molecule has 0 saturated heterocycles. The highest BCUT2D eigenvalue weighted by molar-refractivity contribution is 6.35. The minimum absolute atomic E-state index is 0.0435. The van der Waals surface area contributed by atoms with Crippen LogP contribution in [0.3, 0.4) is 0 Å². The molecule has 33 heavy (non-hydrogen) atoms. The maximum Gasteiger partial charge on any atom is 0.331 e. The number of hydrogen-bond acceptors (Lipinski definition) is 6. The van der Waals surface area contributed by atoms with Crippen LogP contribution < -0.4 is 0 Å². The number of fused-ring (bicyclic) bond motifs is 1. The average Bonchev–Trinajstić information content (AvgIpc) is 3.44. The number of hydrogen-bond donors (Lipinski definition) is 0. The van der Waals surface area contributed by atoms with E-state index in [4.69, 9.17) is 20.9 Å². The molecule has 0 bridgehead atoms. The SMILES string of the molecule is CC(C)n1c(/C=C/C(=O)OCc2ccccc2)c(-c2cc(C3CC3)on2)c2c(Cl)ncnc21. The second-order valence-corrected chi connectivity index (χ2v) is 8.76. The van der Waals surface area contributed by atoms with Crippen molar-refractivity contribution in [3.05, 3.63) is 71.0 Å². The number of rotatable bonds is 7. The molecule has 0 amide bonds. The second-order valence-electron chi connectivity index (χ2n) is 8.40. The van der Waals surface area contributed by atoms with Crippen LogP contribution >= 0.6 is 11.6 Å². The van der Waals surface area contributed by atoms with Gasteiger partial charge in [0.15, 0.2) is 0 Å². The highest BCUT2D eigenvalue weighted by Gasteiger charge is 2.30. The average molecular weight is 463 g/mol. The van der Waals surface area contributed by atoms with Gasteiger partial charge < -0.3 is 13.8 Å². The fraction of sp³-hybridized carbons (Fsp3) is 0.280. The minimum Gasteiger partial charge on any atom is -0.458 e. The van der Waals surface area contributed by atoms with E-state index < -0.39 is 5.97 Å². The topological polar surface area (TPSA) is 83.0 Å². The maximum absolute atomic E-state index is 12.5. The van der Waals surface area contributed by atoms with Crippen LogP contribution in [0.25, 0.3) is 28.4 Å². The van der Waals surface area contributed by atoms with E-state index in [0.717, 1.165) is 35.4 Å². The molecule has 8 heteroatoms. The van der Waals surface area contributed by atoms with Gasteiger partial charge in [0.05, 0.1) is 11.1 Å². The van der Waals surface area contributed by atoms with Gasteiger partial charge in [-0.1, -0.05) is 47.1 Å². The smallest absolute Gasteiger partial charge is 0.331 e. The number of benzene rings is 1. The Labute approximate surface area is 196 Å². The standard InChI is InChI=1S/C25H23ClN4O3/c1-15(2)30-19(10-11-21(31)32-13-16-6-4-3-5-7-16)22(23-24(26)27-14-28-25(23)30)18-12-20(33-29-18)17-8-9-17/h3-7,10-12,14-15,17H,8-9,13H2,1-2H3/b11-10+. The molecule has 0 atom stereocenters. The van der Waals surface area contributed by atoms with Crippen molar-refractivity contribution in [3.63, 3.8) is 0 Å². The third-order valence-electron chi connectivity index (χ3n) is 5.66. The normalized spacial score (nSPS) is 13.9.